The van der Waals surface area contributed by atoms with E-state index in [1.807, 2.05) is 19.1 Å². The van der Waals surface area contributed by atoms with Crippen molar-refractivity contribution >= 4 is 0 Å². The molecule has 1 aromatic heterocycles. The van der Waals surface area contributed by atoms with Crippen molar-refractivity contribution < 1.29 is 4.74 Å². The van der Waals surface area contributed by atoms with Crippen molar-refractivity contribution in [2.45, 2.75) is 33.6 Å². The number of nitrogens with zero attached hydrogens (tertiary/aromatic N) is 2. The van der Waals surface area contributed by atoms with Gasteiger partial charge in [0.05, 0.1) is 0 Å². The fourth-order valence-electron chi connectivity index (χ4n) is 2.17. The van der Waals surface area contributed by atoms with Crippen molar-refractivity contribution in [3.05, 3.63) is 52.7 Å². The number of pyridine rings is 1. The molecule has 0 atom stereocenters. The first-order valence-electron chi connectivity index (χ1n) is 6.67. The van der Waals surface area contributed by atoms with Crippen LogP contribution in [0.4, 0.5) is 0 Å². The van der Waals surface area contributed by atoms with Crippen LogP contribution in [0.15, 0.2) is 30.3 Å². The minimum atomic E-state index is 0.365. The maximum absolute atomic E-state index is 9.09. The molecule has 3 heteroatoms. The number of nitriles is 1. The first kappa shape index (κ1) is 14.1. The molecule has 0 saturated heterocycles. The Kier molecular flexibility index (Phi) is 4.05. The number of hydrogen-bond donors (Lipinski definition) is 0. The lowest BCUT2D eigenvalue weighted by Crippen LogP contribution is -1.96. The molecule has 0 N–H and O–H groups in total. The molecule has 0 saturated carbocycles. The van der Waals surface area contributed by atoms with Crippen LogP contribution in [0.5, 0.6) is 11.6 Å². The molecule has 0 spiro atoms. The van der Waals surface area contributed by atoms with Crippen molar-refractivity contribution in [1.29, 1.82) is 5.26 Å². The van der Waals surface area contributed by atoms with E-state index < -0.39 is 0 Å². The Labute approximate surface area is 119 Å². The Morgan fingerprint density at radius 2 is 1.90 bits per heavy atom. The summed E-state index contributed by atoms with van der Waals surface area (Å²) in [5.74, 6) is 1.56. The average molecular weight is 266 g/mol. The molecule has 0 fully saturated rings. The van der Waals surface area contributed by atoms with Gasteiger partial charge < -0.3 is 4.74 Å². The number of benzene rings is 1. The minimum Gasteiger partial charge on any atom is -0.438 e. The summed E-state index contributed by atoms with van der Waals surface area (Å²) in [7, 11) is 0. The van der Waals surface area contributed by atoms with Gasteiger partial charge in [0, 0.05) is 5.69 Å². The molecule has 0 unspecified atom stereocenters. The van der Waals surface area contributed by atoms with Gasteiger partial charge in [-0.25, -0.2) is 4.98 Å². The van der Waals surface area contributed by atoms with E-state index in [9.17, 15) is 0 Å². The van der Waals surface area contributed by atoms with E-state index in [-0.39, 0.29) is 0 Å². The summed E-state index contributed by atoms with van der Waals surface area (Å²) >= 11 is 0. The van der Waals surface area contributed by atoms with E-state index in [1.165, 1.54) is 11.1 Å². The van der Waals surface area contributed by atoms with E-state index in [0.717, 1.165) is 5.69 Å². The largest absolute Gasteiger partial charge is 0.438 e. The zero-order chi connectivity index (χ0) is 14.7. The summed E-state index contributed by atoms with van der Waals surface area (Å²) in [5, 5.41) is 9.09. The van der Waals surface area contributed by atoms with Crippen molar-refractivity contribution in [1.82, 2.24) is 4.98 Å². The molecule has 2 aromatic rings. The fourth-order valence-corrected chi connectivity index (χ4v) is 2.17. The monoisotopic (exact) mass is 266 g/mol. The van der Waals surface area contributed by atoms with Gasteiger partial charge in [-0.2, -0.15) is 5.26 Å². The van der Waals surface area contributed by atoms with Gasteiger partial charge in [-0.05, 0) is 55.2 Å². The zero-order valence-electron chi connectivity index (χ0n) is 12.3. The van der Waals surface area contributed by atoms with Crippen LogP contribution in [0.3, 0.4) is 0 Å². The van der Waals surface area contributed by atoms with Gasteiger partial charge in [0.15, 0.2) is 0 Å². The van der Waals surface area contributed by atoms with Gasteiger partial charge in [-0.3, -0.25) is 0 Å². The Morgan fingerprint density at radius 3 is 2.50 bits per heavy atom. The number of aromatic nitrogens is 1. The zero-order valence-corrected chi connectivity index (χ0v) is 12.3. The summed E-state index contributed by atoms with van der Waals surface area (Å²) in [6, 6.07) is 11.6. The van der Waals surface area contributed by atoms with Crippen molar-refractivity contribution in [3.63, 3.8) is 0 Å². The van der Waals surface area contributed by atoms with Crippen molar-refractivity contribution in [2.75, 3.05) is 0 Å². The molecular weight excluding hydrogens is 248 g/mol. The lowest BCUT2D eigenvalue weighted by Gasteiger charge is -2.12. The molecule has 102 valence electrons. The van der Waals surface area contributed by atoms with Gasteiger partial charge in [-0.15, -0.1) is 0 Å². The Morgan fingerprint density at radius 1 is 1.15 bits per heavy atom. The Bertz CT molecular complexity index is 669. The number of ether oxygens (including phenoxy) is 1. The predicted octanol–water partition coefficient (Wildman–Crippen LogP) is 4.49. The molecule has 3 nitrogen and oxygen atoms in total. The van der Waals surface area contributed by atoms with Gasteiger partial charge >= 0.3 is 0 Å². The maximum atomic E-state index is 9.09. The molecule has 0 aliphatic heterocycles. The highest BCUT2D eigenvalue weighted by atomic mass is 16.5. The number of rotatable bonds is 3. The molecule has 1 heterocycles. The van der Waals surface area contributed by atoms with E-state index >= 15 is 0 Å². The molecule has 20 heavy (non-hydrogen) atoms. The molecular formula is C17H18N2O. The number of hydrogen-bond acceptors (Lipinski definition) is 3. The Hall–Kier alpha value is -2.34. The van der Waals surface area contributed by atoms with Crippen molar-refractivity contribution in [3.8, 4) is 17.7 Å². The topological polar surface area (TPSA) is 45.9 Å². The summed E-state index contributed by atoms with van der Waals surface area (Å²) in [6.45, 7) is 8.27. The molecule has 0 aliphatic rings. The summed E-state index contributed by atoms with van der Waals surface area (Å²) < 4.78 is 5.76. The Balaban J connectivity index is 2.34. The van der Waals surface area contributed by atoms with E-state index in [0.29, 0.717) is 23.1 Å². The molecule has 2 rings (SSSR count). The summed E-state index contributed by atoms with van der Waals surface area (Å²) in [6.07, 6.45) is 0. The van der Waals surface area contributed by atoms with Gasteiger partial charge in [0.2, 0.25) is 5.88 Å². The molecule has 0 radical (unpaired) electrons. The van der Waals surface area contributed by atoms with Gasteiger partial charge in [0.25, 0.3) is 0 Å². The standard InChI is InChI=1S/C17H18N2O/c1-11(2)16-8-7-15(9-12(16)3)20-17-14(10-18)6-5-13(4)19-17/h5-9,11H,1-4H3. The first-order chi connectivity index (χ1) is 9.51. The molecule has 0 aliphatic carbocycles. The molecule has 0 bridgehead atoms. The van der Waals surface area contributed by atoms with Crippen LogP contribution < -0.4 is 4.74 Å². The lowest BCUT2D eigenvalue weighted by molar-refractivity contribution is 0.459. The fraction of sp³-hybridized carbons (Fsp3) is 0.294. The lowest BCUT2D eigenvalue weighted by atomic mass is 9.98. The molecule has 1 aromatic carbocycles. The van der Waals surface area contributed by atoms with Crippen LogP contribution >= 0.6 is 0 Å². The van der Waals surface area contributed by atoms with Crippen LogP contribution in [0.1, 0.15) is 42.1 Å². The van der Waals surface area contributed by atoms with Crippen LogP contribution in [-0.4, -0.2) is 4.98 Å². The summed E-state index contributed by atoms with van der Waals surface area (Å²) in [5.41, 5.74) is 3.76. The third-order valence-corrected chi connectivity index (χ3v) is 3.20. The van der Waals surface area contributed by atoms with Crippen LogP contribution in [0, 0.1) is 25.2 Å². The maximum Gasteiger partial charge on any atom is 0.237 e. The SMILES string of the molecule is Cc1ccc(C#N)c(Oc2ccc(C(C)C)c(C)c2)n1. The highest BCUT2D eigenvalue weighted by Gasteiger charge is 2.09. The quantitative estimate of drug-likeness (QED) is 0.822. The highest BCUT2D eigenvalue weighted by molar-refractivity contribution is 5.43. The van der Waals surface area contributed by atoms with Crippen LogP contribution in [0.25, 0.3) is 0 Å². The van der Waals surface area contributed by atoms with E-state index in [1.54, 1.807) is 12.1 Å². The molecule has 0 amide bonds. The predicted molar refractivity (Wildman–Crippen MR) is 79.0 cm³/mol. The van der Waals surface area contributed by atoms with Crippen LogP contribution in [0.2, 0.25) is 0 Å². The van der Waals surface area contributed by atoms with E-state index in [4.69, 9.17) is 10.00 Å². The normalized spacial score (nSPS) is 10.4. The van der Waals surface area contributed by atoms with Crippen molar-refractivity contribution in [2.24, 2.45) is 0 Å². The number of aryl methyl sites for hydroxylation is 2. The third-order valence-electron chi connectivity index (χ3n) is 3.20. The summed E-state index contributed by atoms with van der Waals surface area (Å²) in [4.78, 5) is 4.28. The van der Waals surface area contributed by atoms with Gasteiger partial charge in [0.1, 0.15) is 17.4 Å². The van der Waals surface area contributed by atoms with E-state index in [2.05, 4.69) is 37.9 Å². The highest BCUT2D eigenvalue weighted by Crippen LogP contribution is 2.27. The minimum absolute atomic E-state index is 0.365. The average Bonchev–Trinajstić information content (AvgIpc) is 2.38. The first-order valence-corrected chi connectivity index (χ1v) is 6.67. The second-order valence-electron chi connectivity index (χ2n) is 5.19. The second kappa shape index (κ2) is 5.75. The smallest absolute Gasteiger partial charge is 0.237 e. The third kappa shape index (κ3) is 2.97. The second-order valence-corrected chi connectivity index (χ2v) is 5.19. The van der Waals surface area contributed by atoms with Gasteiger partial charge in [-0.1, -0.05) is 19.9 Å². The van der Waals surface area contributed by atoms with Crippen LogP contribution in [-0.2, 0) is 0 Å².